The van der Waals surface area contributed by atoms with E-state index in [-0.39, 0.29) is 5.78 Å². The number of para-hydroxylation sites is 1. The van der Waals surface area contributed by atoms with Gasteiger partial charge in [0.15, 0.2) is 5.78 Å². The van der Waals surface area contributed by atoms with Gasteiger partial charge in [-0.3, -0.25) is 4.79 Å². The predicted molar refractivity (Wildman–Crippen MR) is 66.2 cm³/mol. The third-order valence-electron chi connectivity index (χ3n) is 2.72. The van der Waals surface area contributed by atoms with E-state index in [0.717, 1.165) is 36.1 Å². The summed E-state index contributed by atoms with van der Waals surface area (Å²) >= 11 is 0. The van der Waals surface area contributed by atoms with Crippen molar-refractivity contribution >= 4 is 5.78 Å². The van der Waals surface area contributed by atoms with Crippen LogP contribution in [0.5, 0.6) is 5.75 Å². The maximum atomic E-state index is 12.0. The van der Waals surface area contributed by atoms with E-state index >= 15 is 0 Å². The van der Waals surface area contributed by atoms with Crippen LogP contribution in [0.2, 0.25) is 0 Å². The molecule has 0 N–H and O–H groups in total. The van der Waals surface area contributed by atoms with Crippen LogP contribution in [0.25, 0.3) is 0 Å². The fraction of sp³-hybridized carbons (Fsp3) is 0.500. The Morgan fingerprint density at radius 2 is 2.06 bits per heavy atom. The van der Waals surface area contributed by atoms with Crippen molar-refractivity contribution in [1.82, 2.24) is 0 Å². The van der Waals surface area contributed by atoms with Crippen molar-refractivity contribution in [3.8, 4) is 5.75 Å². The van der Waals surface area contributed by atoms with Crippen molar-refractivity contribution < 1.29 is 9.53 Å². The van der Waals surface area contributed by atoms with Crippen LogP contribution in [0.3, 0.4) is 0 Å². The predicted octanol–water partition coefficient (Wildman–Crippen LogP) is 3.77. The molecule has 0 atom stereocenters. The maximum Gasteiger partial charge on any atom is 0.166 e. The zero-order valence-corrected chi connectivity index (χ0v) is 10.4. The number of Topliss-reactive ketones (excluding diaryl/α,β-unsaturated/α-hetero) is 1. The normalized spacial score (nSPS) is 10.2. The zero-order valence-electron chi connectivity index (χ0n) is 10.4. The highest BCUT2D eigenvalue weighted by Crippen LogP contribution is 2.24. The van der Waals surface area contributed by atoms with Crippen molar-refractivity contribution in [2.75, 3.05) is 7.11 Å². The molecule has 0 amide bonds. The van der Waals surface area contributed by atoms with Gasteiger partial charge in [-0.25, -0.2) is 0 Å². The Bertz CT molecular complexity index is 356. The number of benzene rings is 1. The Hall–Kier alpha value is -1.31. The highest BCUT2D eigenvalue weighted by molar-refractivity contribution is 5.99. The van der Waals surface area contributed by atoms with E-state index in [1.165, 1.54) is 0 Å². The fourth-order valence-electron chi connectivity index (χ4n) is 1.81. The van der Waals surface area contributed by atoms with Crippen LogP contribution in [0.15, 0.2) is 18.2 Å². The van der Waals surface area contributed by atoms with Crippen LogP contribution < -0.4 is 4.74 Å². The summed E-state index contributed by atoms with van der Waals surface area (Å²) in [6, 6.07) is 5.71. The average molecular weight is 220 g/mol. The molecule has 0 radical (unpaired) electrons. The third kappa shape index (κ3) is 3.09. The van der Waals surface area contributed by atoms with Gasteiger partial charge in [0.25, 0.3) is 0 Å². The van der Waals surface area contributed by atoms with Gasteiger partial charge in [0.1, 0.15) is 5.75 Å². The largest absolute Gasteiger partial charge is 0.496 e. The second kappa shape index (κ2) is 6.31. The number of rotatable bonds is 6. The number of carbonyl (C=O) groups excluding carboxylic acids is 1. The molecule has 0 aliphatic rings. The van der Waals surface area contributed by atoms with E-state index in [2.05, 4.69) is 6.92 Å². The Morgan fingerprint density at radius 3 is 2.69 bits per heavy atom. The van der Waals surface area contributed by atoms with E-state index in [9.17, 15) is 4.79 Å². The second-order valence-electron chi connectivity index (χ2n) is 4.04. The molecule has 0 unspecified atom stereocenters. The molecule has 1 rings (SSSR count). The van der Waals surface area contributed by atoms with E-state index in [1.807, 2.05) is 25.1 Å². The molecule has 0 saturated carbocycles. The van der Waals surface area contributed by atoms with Gasteiger partial charge < -0.3 is 4.74 Å². The molecular formula is C14H20O2. The highest BCUT2D eigenvalue weighted by atomic mass is 16.5. The number of aryl methyl sites for hydroxylation is 1. The lowest BCUT2D eigenvalue weighted by Gasteiger charge is -2.10. The second-order valence-corrected chi connectivity index (χ2v) is 4.04. The molecule has 16 heavy (non-hydrogen) atoms. The number of methoxy groups -OCH3 is 1. The van der Waals surface area contributed by atoms with E-state index in [4.69, 9.17) is 4.74 Å². The van der Waals surface area contributed by atoms with Gasteiger partial charge in [0.2, 0.25) is 0 Å². The molecule has 0 aromatic heterocycles. The Kier molecular flexibility index (Phi) is 5.03. The Balaban J connectivity index is 2.78. The molecule has 2 nitrogen and oxygen atoms in total. The quantitative estimate of drug-likeness (QED) is 0.539. The number of hydrogen-bond donors (Lipinski definition) is 0. The summed E-state index contributed by atoms with van der Waals surface area (Å²) in [4.78, 5) is 12.0. The molecule has 88 valence electrons. The standard InChI is InChI=1S/C14H20O2/c1-4-5-6-10-13(15)12-9-7-8-11(2)14(12)16-3/h7-9H,4-6,10H2,1-3H3. The lowest BCUT2D eigenvalue weighted by molar-refractivity contribution is 0.0976. The molecule has 1 aromatic carbocycles. The summed E-state index contributed by atoms with van der Waals surface area (Å²) in [5.41, 5.74) is 1.74. The number of hydrogen-bond acceptors (Lipinski definition) is 2. The first kappa shape index (κ1) is 12.8. The van der Waals surface area contributed by atoms with E-state index < -0.39 is 0 Å². The summed E-state index contributed by atoms with van der Waals surface area (Å²) in [7, 11) is 1.62. The molecule has 0 aliphatic carbocycles. The van der Waals surface area contributed by atoms with Crippen LogP contribution in [-0.4, -0.2) is 12.9 Å². The lowest BCUT2D eigenvalue weighted by atomic mass is 10.0. The van der Waals surface area contributed by atoms with Crippen molar-refractivity contribution in [1.29, 1.82) is 0 Å². The first-order valence-corrected chi connectivity index (χ1v) is 5.87. The van der Waals surface area contributed by atoms with Crippen molar-refractivity contribution in [2.45, 2.75) is 39.5 Å². The monoisotopic (exact) mass is 220 g/mol. The molecule has 0 spiro atoms. The summed E-state index contributed by atoms with van der Waals surface area (Å²) in [6.07, 6.45) is 3.83. The minimum atomic E-state index is 0.189. The first-order valence-electron chi connectivity index (χ1n) is 5.87. The molecule has 0 aliphatic heterocycles. The van der Waals surface area contributed by atoms with Gasteiger partial charge in [-0.2, -0.15) is 0 Å². The smallest absolute Gasteiger partial charge is 0.166 e. The third-order valence-corrected chi connectivity index (χ3v) is 2.72. The Morgan fingerprint density at radius 1 is 1.31 bits per heavy atom. The van der Waals surface area contributed by atoms with Gasteiger partial charge in [0, 0.05) is 6.42 Å². The highest BCUT2D eigenvalue weighted by Gasteiger charge is 2.12. The van der Waals surface area contributed by atoms with Gasteiger partial charge >= 0.3 is 0 Å². The summed E-state index contributed by atoms with van der Waals surface area (Å²) < 4.78 is 5.28. The minimum Gasteiger partial charge on any atom is -0.496 e. The van der Waals surface area contributed by atoms with Crippen LogP contribution >= 0.6 is 0 Å². The summed E-state index contributed by atoms with van der Waals surface area (Å²) in [5.74, 6) is 0.915. The van der Waals surface area contributed by atoms with Crippen molar-refractivity contribution in [3.63, 3.8) is 0 Å². The number of ketones is 1. The molecule has 1 aromatic rings. The van der Waals surface area contributed by atoms with Crippen LogP contribution in [-0.2, 0) is 0 Å². The SMILES string of the molecule is CCCCCC(=O)c1cccc(C)c1OC. The van der Waals surface area contributed by atoms with Gasteiger partial charge in [-0.05, 0) is 25.0 Å². The number of carbonyl (C=O) groups is 1. The van der Waals surface area contributed by atoms with E-state index in [1.54, 1.807) is 7.11 Å². The molecular weight excluding hydrogens is 200 g/mol. The van der Waals surface area contributed by atoms with Crippen LogP contribution in [0.4, 0.5) is 0 Å². The number of unbranched alkanes of at least 4 members (excludes halogenated alkanes) is 2. The topological polar surface area (TPSA) is 26.3 Å². The van der Waals surface area contributed by atoms with Crippen LogP contribution in [0.1, 0.15) is 48.5 Å². The van der Waals surface area contributed by atoms with Crippen LogP contribution in [0, 0.1) is 6.92 Å². The minimum absolute atomic E-state index is 0.189. The molecule has 2 heteroatoms. The fourth-order valence-corrected chi connectivity index (χ4v) is 1.81. The Labute approximate surface area is 97.6 Å². The summed E-state index contributed by atoms with van der Waals surface area (Å²) in [5, 5.41) is 0. The van der Waals surface area contributed by atoms with Crippen molar-refractivity contribution in [3.05, 3.63) is 29.3 Å². The maximum absolute atomic E-state index is 12.0. The molecule has 0 saturated heterocycles. The van der Waals surface area contributed by atoms with Gasteiger partial charge in [-0.15, -0.1) is 0 Å². The number of ether oxygens (including phenoxy) is 1. The zero-order chi connectivity index (χ0) is 12.0. The molecule has 0 bridgehead atoms. The first-order chi connectivity index (χ1) is 7.70. The molecule has 0 fully saturated rings. The lowest BCUT2D eigenvalue weighted by Crippen LogP contribution is -2.03. The van der Waals surface area contributed by atoms with Gasteiger partial charge in [0.05, 0.1) is 12.7 Å². The van der Waals surface area contributed by atoms with Gasteiger partial charge in [-0.1, -0.05) is 31.9 Å². The average Bonchev–Trinajstić information content (AvgIpc) is 2.29. The molecule has 0 heterocycles. The van der Waals surface area contributed by atoms with E-state index in [0.29, 0.717) is 6.42 Å². The van der Waals surface area contributed by atoms with Crippen molar-refractivity contribution in [2.24, 2.45) is 0 Å². The summed E-state index contributed by atoms with van der Waals surface area (Å²) in [6.45, 7) is 4.10.